The van der Waals surface area contributed by atoms with Gasteiger partial charge in [0.2, 0.25) is 0 Å². The molecule has 0 saturated heterocycles. The van der Waals surface area contributed by atoms with Crippen molar-refractivity contribution < 1.29 is 8.42 Å². The van der Waals surface area contributed by atoms with Gasteiger partial charge in [0, 0.05) is 24.1 Å². The molecule has 0 atom stereocenters. The zero-order valence-electron chi connectivity index (χ0n) is 9.89. The lowest BCUT2D eigenvalue weighted by atomic mass is 10.3. The van der Waals surface area contributed by atoms with E-state index in [0.29, 0.717) is 11.5 Å². The molecule has 98 valence electrons. The number of nitrogen functional groups attached to an aromatic ring is 1. The zero-order chi connectivity index (χ0) is 13.3. The molecule has 0 aromatic carbocycles. The van der Waals surface area contributed by atoms with Gasteiger partial charge in [0.1, 0.15) is 9.90 Å². The summed E-state index contributed by atoms with van der Waals surface area (Å²) in [4.78, 5) is 0.0636. The van der Waals surface area contributed by atoms with Crippen molar-refractivity contribution >= 4 is 32.2 Å². The lowest BCUT2D eigenvalue weighted by molar-refractivity contribution is 0.602. The van der Waals surface area contributed by atoms with Crippen molar-refractivity contribution in [2.75, 3.05) is 17.3 Å². The van der Waals surface area contributed by atoms with E-state index in [1.165, 1.54) is 0 Å². The Morgan fingerprint density at radius 3 is 2.83 bits per heavy atom. The number of aromatic nitrogens is 3. The van der Waals surface area contributed by atoms with Gasteiger partial charge in [-0.3, -0.25) is 5.10 Å². The molecule has 2 heterocycles. The van der Waals surface area contributed by atoms with E-state index in [4.69, 9.17) is 5.73 Å². The van der Waals surface area contributed by atoms with Crippen molar-refractivity contribution in [2.45, 2.75) is 18.4 Å². The molecule has 0 aliphatic rings. The third kappa shape index (κ3) is 2.46. The minimum Gasteiger partial charge on any atom is -0.382 e. The summed E-state index contributed by atoms with van der Waals surface area (Å²) in [6.07, 6.45) is 2.80. The van der Waals surface area contributed by atoms with Crippen LogP contribution in [0.4, 0.5) is 10.8 Å². The average molecular weight is 287 g/mol. The number of aryl methyl sites for hydroxylation is 1. The normalized spacial score (nSPS) is 11.7. The molecule has 0 saturated carbocycles. The summed E-state index contributed by atoms with van der Waals surface area (Å²) in [7, 11) is -3.38. The highest BCUT2D eigenvalue weighted by Gasteiger charge is 2.21. The quantitative estimate of drug-likeness (QED) is 0.765. The molecule has 0 spiro atoms. The molecule has 0 aliphatic carbocycles. The second-order valence-electron chi connectivity index (χ2n) is 3.87. The third-order valence-corrected chi connectivity index (χ3v) is 4.52. The molecule has 4 N–H and O–H groups in total. The highest BCUT2D eigenvalue weighted by molar-refractivity contribution is 7.91. The number of rotatable bonds is 4. The highest BCUT2D eigenvalue weighted by Crippen LogP contribution is 2.31. The molecule has 18 heavy (non-hydrogen) atoms. The Kier molecular flexibility index (Phi) is 3.26. The van der Waals surface area contributed by atoms with Gasteiger partial charge in [-0.2, -0.15) is 9.47 Å². The van der Waals surface area contributed by atoms with E-state index in [2.05, 4.69) is 19.9 Å². The molecule has 9 heteroatoms. The molecule has 0 bridgehead atoms. The maximum Gasteiger partial charge on any atom is 0.182 e. The second-order valence-corrected chi connectivity index (χ2v) is 6.60. The molecule has 0 unspecified atom stereocenters. The number of hydrogen-bond donors (Lipinski definition) is 3. The number of nitrogens with two attached hydrogens (primary N) is 1. The summed E-state index contributed by atoms with van der Waals surface area (Å²) >= 11 is 1.03. The first-order chi connectivity index (χ1) is 8.39. The lowest BCUT2D eigenvalue weighted by Crippen LogP contribution is -2.06. The number of H-pyrrole nitrogens is 1. The van der Waals surface area contributed by atoms with E-state index < -0.39 is 9.84 Å². The molecule has 2 aromatic rings. The maximum absolute atomic E-state index is 11.6. The fourth-order valence-corrected chi connectivity index (χ4v) is 3.56. The maximum atomic E-state index is 11.6. The van der Waals surface area contributed by atoms with Crippen LogP contribution in [0, 0.1) is 6.92 Å². The standard InChI is InChI=1S/C9H13N5O2S2/c1-5-6(4-12-13-5)3-11-9-7(18(2,15)16)8(10)14-17-9/h4,11H,3H2,1-2H3,(H2,10,14)(H,12,13). The Morgan fingerprint density at radius 2 is 2.28 bits per heavy atom. The van der Waals surface area contributed by atoms with Gasteiger partial charge in [0.15, 0.2) is 15.7 Å². The third-order valence-electron chi connectivity index (χ3n) is 2.42. The number of nitrogens with one attached hydrogen (secondary N) is 2. The van der Waals surface area contributed by atoms with Crippen LogP contribution in [0.25, 0.3) is 0 Å². The van der Waals surface area contributed by atoms with Gasteiger partial charge in [-0.25, -0.2) is 8.42 Å². The summed E-state index contributed by atoms with van der Waals surface area (Å²) in [6, 6.07) is 0. The van der Waals surface area contributed by atoms with Crippen molar-refractivity contribution in [3.05, 3.63) is 17.5 Å². The summed E-state index contributed by atoms with van der Waals surface area (Å²) in [6.45, 7) is 2.36. The summed E-state index contributed by atoms with van der Waals surface area (Å²) < 4.78 is 27.0. The van der Waals surface area contributed by atoms with Crippen LogP contribution in [0.2, 0.25) is 0 Å². The largest absolute Gasteiger partial charge is 0.382 e. The number of anilines is 2. The van der Waals surface area contributed by atoms with Crippen LogP contribution in [0.3, 0.4) is 0 Å². The van der Waals surface area contributed by atoms with Crippen molar-refractivity contribution in [3.63, 3.8) is 0 Å². The molecule has 0 radical (unpaired) electrons. The smallest absolute Gasteiger partial charge is 0.182 e. The molecule has 2 aromatic heterocycles. The Labute approximate surface area is 108 Å². The molecular formula is C9H13N5O2S2. The minimum absolute atomic E-state index is 0.0360. The van der Waals surface area contributed by atoms with Gasteiger partial charge >= 0.3 is 0 Å². The van der Waals surface area contributed by atoms with E-state index in [1.54, 1.807) is 6.20 Å². The highest BCUT2D eigenvalue weighted by atomic mass is 32.2. The number of sulfone groups is 1. The van der Waals surface area contributed by atoms with Gasteiger partial charge in [0.25, 0.3) is 0 Å². The Bertz CT molecular complexity index is 658. The van der Waals surface area contributed by atoms with Crippen molar-refractivity contribution in [3.8, 4) is 0 Å². The number of hydrogen-bond acceptors (Lipinski definition) is 7. The molecule has 7 nitrogen and oxygen atoms in total. The van der Waals surface area contributed by atoms with Crippen molar-refractivity contribution in [1.82, 2.24) is 14.6 Å². The molecule has 2 rings (SSSR count). The van der Waals surface area contributed by atoms with Crippen LogP contribution in [-0.4, -0.2) is 29.2 Å². The van der Waals surface area contributed by atoms with Crippen LogP contribution in [0.1, 0.15) is 11.3 Å². The zero-order valence-corrected chi connectivity index (χ0v) is 11.5. The predicted molar refractivity (Wildman–Crippen MR) is 70.3 cm³/mol. The lowest BCUT2D eigenvalue weighted by Gasteiger charge is -2.05. The fraction of sp³-hybridized carbons (Fsp3) is 0.333. The van der Waals surface area contributed by atoms with Crippen molar-refractivity contribution in [2.24, 2.45) is 0 Å². The number of nitrogens with zero attached hydrogens (tertiary/aromatic N) is 2. The van der Waals surface area contributed by atoms with Gasteiger partial charge in [-0.1, -0.05) is 0 Å². The van der Waals surface area contributed by atoms with Crippen molar-refractivity contribution in [1.29, 1.82) is 0 Å². The first-order valence-corrected chi connectivity index (χ1v) is 7.74. The Balaban J connectivity index is 2.24. The van der Waals surface area contributed by atoms with Crippen LogP contribution in [0.15, 0.2) is 11.1 Å². The first kappa shape index (κ1) is 12.8. The Hall–Kier alpha value is -1.61. The molecule has 0 amide bonds. The van der Waals surface area contributed by atoms with Crippen LogP contribution >= 0.6 is 11.5 Å². The fourth-order valence-electron chi connectivity index (χ4n) is 1.49. The summed E-state index contributed by atoms with van der Waals surface area (Å²) in [5.74, 6) is 0.0360. The molecular weight excluding hydrogens is 274 g/mol. The van der Waals surface area contributed by atoms with Crippen LogP contribution in [-0.2, 0) is 16.4 Å². The second kappa shape index (κ2) is 4.58. The van der Waals surface area contributed by atoms with Gasteiger partial charge in [-0.15, -0.1) is 0 Å². The van der Waals surface area contributed by atoms with E-state index in [-0.39, 0.29) is 10.7 Å². The minimum atomic E-state index is -3.38. The Morgan fingerprint density at radius 1 is 1.56 bits per heavy atom. The molecule has 0 fully saturated rings. The monoisotopic (exact) mass is 287 g/mol. The van der Waals surface area contributed by atoms with E-state index >= 15 is 0 Å². The van der Waals surface area contributed by atoms with E-state index in [1.807, 2.05) is 6.92 Å². The summed E-state index contributed by atoms with van der Waals surface area (Å²) in [5, 5.41) is 10.2. The first-order valence-electron chi connectivity index (χ1n) is 5.07. The van der Waals surface area contributed by atoms with E-state index in [0.717, 1.165) is 29.0 Å². The predicted octanol–water partition coefficient (Wildman–Crippen LogP) is 0.772. The average Bonchev–Trinajstić information content (AvgIpc) is 2.81. The topological polar surface area (TPSA) is 114 Å². The van der Waals surface area contributed by atoms with Crippen LogP contribution < -0.4 is 11.1 Å². The SMILES string of the molecule is Cc1[nH]ncc1CNc1snc(N)c1S(C)(=O)=O. The van der Waals surface area contributed by atoms with E-state index in [9.17, 15) is 8.42 Å². The van der Waals surface area contributed by atoms with Gasteiger partial charge < -0.3 is 11.1 Å². The number of aromatic amines is 1. The van der Waals surface area contributed by atoms with Gasteiger partial charge in [-0.05, 0) is 18.5 Å². The van der Waals surface area contributed by atoms with Gasteiger partial charge in [0.05, 0.1) is 6.20 Å². The van der Waals surface area contributed by atoms with Crippen LogP contribution in [0.5, 0.6) is 0 Å². The summed E-state index contributed by atoms with van der Waals surface area (Å²) in [5.41, 5.74) is 7.46. The molecule has 0 aliphatic heterocycles.